The summed E-state index contributed by atoms with van der Waals surface area (Å²) in [7, 11) is 2.00. The minimum Gasteiger partial charge on any atom is -0.370 e. The van der Waals surface area contributed by atoms with Crippen molar-refractivity contribution >= 4 is 11.6 Å². The summed E-state index contributed by atoms with van der Waals surface area (Å²) < 4.78 is 0. The first-order valence-electron chi connectivity index (χ1n) is 6.44. The summed E-state index contributed by atoms with van der Waals surface area (Å²) >= 11 is 0. The highest BCUT2D eigenvalue weighted by Gasteiger charge is 2.08. The molecule has 0 saturated heterocycles. The van der Waals surface area contributed by atoms with E-state index >= 15 is 0 Å². The first kappa shape index (κ1) is 14.7. The van der Waals surface area contributed by atoms with Crippen molar-refractivity contribution in [3.63, 3.8) is 0 Å². The van der Waals surface area contributed by atoms with Gasteiger partial charge in [-0.2, -0.15) is 0 Å². The van der Waals surface area contributed by atoms with E-state index in [0.29, 0.717) is 5.92 Å². The van der Waals surface area contributed by atoms with Crippen molar-refractivity contribution in [2.75, 3.05) is 30.4 Å². The van der Waals surface area contributed by atoms with Crippen LogP contribution in [0.1, 0.15) is 26.6 Å². The van der Waals surface area contributed by atoms with Gasteiger partial charge in [0.2, 0.25) is 0 Å². The molecule has 0 spiro atoms. The second-order valence-corrected chi connectivity index (χ2v) is 5.29. The number of rotatable bonds is 6. The summed E-state index contributed by atoms with van der Waals surface area (Å²) in [5.74, 6) is 3.15. The predicted octanol–water partition coefficient (Wildman–Crippen LogP) is 1.64. The minimum atomic E-state index is 0.123. The van der Waals surface area contributed by atoms with E-state index in [1.165, 1.54) is 0 Å². The van der Waals surface area contributed by atoms with E-state index in [2.05, 4.69) is 34.0 Å². The largest absolute Gasteiger partial charge is 0.370 e. The molecule has 1 aromatic rings. The number of nitrogens with one attached hydrogen (secondary N) is 1. The molecular formula is C13H25N5. The molecule has 0 aliphatic heterocycles. The molecular weight excluding hydrogens is 226 g/mol. The van der Waals surface area contributed by atoms with Gasteiger partial charge in [-0.25, -0.2) is 9.97 Å². The lowest BCUT2D eigenvalue weighted by Crippen LogP contribution is -2.33. The van der Waals surface area contributed by atoms with E-state index in [9.17, 15) is 0 Å². The number of nitrogens with zero attached hydrogens (tertiary/aromatic N) is 3. The minimum absolute atomic E-state index is 0.123. The number of aromatic nitrogens is 2. The van der Waals surface area contributed by atoms with E-state index in [1.54, 1.807) is 0 Å². The summed E-state index contributed by atoms with van der Waals surface area (Å²) in [5.41, 5.74) is 5.80. The SMILES string of the molecule is Cc1nc(NCC(C)C)cc(N(C)CC(C)N)n1. The highest BCUT2D eigenvalue weighted by molar-refractivity contribution is 5.49. The topological polar surface area (TPSA) is 67.1 Å². The van der Waals surface area contributed by atoms with Crippen molar-refractivity contribution in [2.24, 2.45) is 11.7 Å². The van der Waals surface area contributed by atoms with Crippen LogP contribution in [0.5, 0.6) is 0 Å². The van der Waals surface area contributed by atoms with Gasteiger partial charge in [0.1, 0.15) is 17.5 Å². The quantitative estimate of drug-likeness (QED) is 0.804. The highest BCUT2D eigenvalue weighted by atomic mass is 15.2. The second kappa shape index (κ2) is 6.54. The molecule has 0 bridgehead atoms. The monoisotopic (exact) mass is 251 g/mol. The number of anilines is 2. The normalized spacial score (nSPS) is 12.6. The van der Waals surface area contributed by atoms with Crippen molar-refractivity contribution in [3.8, 4) is 0 Å². The Kier molecular flexibility index (Phi) is 5.34. The molecule has 3 N–H and O–H groups in total. The number of aryl methyl sites for hydroxylation is 1. The fourth-order valence-electron chi connectivity index (χ4n) is 1.67. The van der Waals surface area contributed by atoms with E-state index < -0.39 is 0 Å². The van der Waals surface area contributed by atoms with Gasteiger partial charge in [0.25, 0.3) is 0 Å². The fraction of sp³-hybridized carbons (Fsp3) is 0.692. The molecule has 0 aliphatic carbocycles. The maximum Gasteiger partial charge on any atom is 0.134 e. The molecule has 0 radical (unpaired) electrons. The highest BCUT2D eigenvalue weighted by Crippen LogP contribution is 2.15. The third kappa shape index (κ3) is 4.87. The van der Waals surface area contributed by atoms with E-state index in [-0.39, 0.29) is 6.04 Å². The molecule has 1 rings (SSSR count). The molecule has 102 valence electrons. The van der Waals surface area contributed by atoms with Crippen molar-refractivity contribution < 1.29 is 0 Å². The molecule has 0 amide bonds. The number of nitrogens with two attached hydrogens (primary N) is 1. The summed E-state index contributed by atoms with van der Waals surface area (Å²) in [4.78, 5) is 10.9. The molecule has 0 saturated carbocycles. The van der Waals surface area contributed by atoms with Gasteiger partial charge < -0.3 is 16.0 Å². The molecule has 0 aliphatic rings. The van der Waals surface area contributed by atoms with Crippen LogP contribution in [0.4, 0.5) is 11.6 Å². The first-order valence-corrected chi connectivity index (χ1v) is 6.44. The molecule has 5 nitrogen and oxygen atoms in total. The van der Waals surface area contributed by atoms with Crippen LogP contribution < -0.4 is 16.0 Å². The van der Waals surface area contributed by atoms with Gasteiger partial charge in [-0.15, -0.1) is 0 Å². The maximum atomic E-state index is 5.80. The van der Waals surface area contributed by atoms with Gasteiger partial charge >= 0.3 is 0 Å². The molecule has 1 aromatic heterocycles. The predicted molar refractivity (Wildman–Crippen MR) is 77.0 cm³/mol. The van der Waals surface area contributed by atoms with Crippen molar-refractivity contribution in [1.29, 1.82) is 0 Å². The average molecular weight is 251 g/mol. The second-order valence-electron chi connectivity index (χ2n) is 5.29. The number of hydrogen-bond donors (Lipinski definition) is 2. The zero-order valence-electron chi connectivity index (χ0n) is 12.1. The molecule has 1 atom stereocenters. The summed E-state index contributed by atoms with van der Waals surface area (Å²) in [5, 5.41) is 3.32. The number of likely N-dealkylation sites (N-methyl/N-ethyl adjacent to an activating group) is 1. The fourth-order valence-corrected chi connectivity index (χ4v) is 1.67. The van der Waals surface area contributed by atoms with Crippen LogP contribution in [0, 0.1) is 12.8 Å². The van der Waals surface area contributed by atoms with Gasteiger partial charge in [0, 0.05) is 32.2 Å². The zero-order valence-corrected chi connectivity index (χ0v) is 12.1. The number of hydrogen-bond acceptors (Lipinski definition) is 5. The molecule has 18 heavy (non-hydrogen) atoms. The molecule has 5 heteroatoms. The van der Waals surface area contributed by atoms with Crippen molar-refractivity contribution in [2.45, 2.75) is 33.7 Å². The van der Waals surface area contributed by atoms with Gasteiger partial charge in [0.15, 0.2) is 0 Å². The van der Waals surface area contributed by atoms with Gasteiger partial charge in [-0.3, -0.25) is 0 Å². The Bertz CT molecular complexity index is 376. The summed E-state index contributed by atoms with van der Waals surface area (Å²) in [6, 6.07) is 2.09. The average Bonchev–Trinajstić information content (AvgIpc) is 2.24. The maximum absolute atomic E-state index is 5.80. The first-order chi connectivity index (χ1) is 8.38. The standard InChI is InChI=1S/C13H25N5/c1-9(2)7-15-12-6-13(17-11(4)16-12)18(5)8-10(3)14/h6,9-10H,7-8,14H2,1-5H3,(H,15,16,17). The lowest BCUT2D eigenvalue weighted by Gasteiger charge is -2.21. The van der Waals surface area contributed by atoms with Crippen LogP contribution in [-0.4, -0.2) is 36.1 Å². The van der Waals surface area contributed by atoms with Gasteiger partial charge in [-0.1, -0.05) is 13.8 Å². The van der Waals surface area contributed by atoms with Crippen LogP contribution in [0.3, 0.4) is 0 Å². The molecule has 1 unspecified atom stereocenters. The smallest absolute Gasteiger partial charge is 0.134 e. The van der Waals surface area contributed by atoms with Crippen LogP contribution in [0.25, 0.3) is 0 Å². The molecule has 1 heterocycles. The summed E-state index contributed by atoms with van der Waals surface area (Å²) in [6.07, 6.45) is 0. The molecule has 0 fully saturated rings. The third-order valence-corrected chi connectivity index (χ3v) is 2.47. The zero-order chi connectivity index (χ0) is 13.7. The molecule has 0 aromatic carbocycles. The Morgan fingerprint density at radius 3 is 2.56 bits per heavy atom. The lowest BCUT2D eigenvalue weighted by molar-refractivity contribution is 0.685. The Morgan fingerprint density at radius 1 is 1.33 bits per heavy atom. The Labute approximate surface area is 110 Å². The van der Waals surface area contributed by atoms with Crippen LogP contribution in [-0.2, 0) is 0 Å². The van der Waals surface area contributed by atoms with Crippen LogP contribution in [0.15, 0.2) is 6.07 Å². The Balaban J connectivity index is 2.79. The summed E-state index contributed by atoms with van der Waals surface area (Å²) in [6.45, 7) is 9.92. The van der Waals surface area contributed by atoms with Crippen molar-refractivity contribution in [3.05, 3.63) is 11.9 Å². The lowest BCUT2D eigenvalue weighted by atomic mass is 10.2. The Morgan fingerprint density at radius 2 is 2.00 bits per heavy atom. The van der Waals surface area contributed by atoms with E-state index in [4.69, 9.17) is 5.73 Å². The third-order valence-electron chi connectivity index (χ3n) is 2.47. The van der Waals surface area contributed by atoms with Crippen LogP contribution in [0.2, 0.25) is 0 Å². The van der Waals surface area contributed by atoms with Gasteiger partial charge in [-0.05, 0) is 19.8 Å². The van der Waals surface area contributed by atoms with Crippen LogP contribution >= 0.6 is 0 Å². The Hall–Kier alpha value is -1.36. The van der Waals surface area contributed by atoms with E-state index in [0.717, 1.165) is 30.5 Å². The van der Waals surface area contributed by atoms with Gasteiger partial charge in [0.05, 0.1) is 0 Å². The van der Waals surface area contributed by atoms with Crippen molar-refractivity contribution in [1.82, 2.24) is 9.97 Å². The van der Waals surface area contributed by atoms with E-state index in [1.807, 2.05) is 27.0 Å².